The average molecular weight is 321 g/mol. The van der Waals surface area contributed by atoms with Crippen molar-refractivity contribution in [3.8, 4) is 5.75 Å². The number of pyridine rings is 1. The Labute approximate surface area is 120 Å². The van der Waals surface area contributed by atoms with Crippen LogP contribution in [0.5, 0.6) is 5.75 Å². The first-order valence-corrected chi connectivity index (χ1v) is 6.45. The number of ether oxygens (including phenoxy) is 1. The van der Waals surface area contributed by atoms with E-state index < -0.39 is 0 Å². The summed E-state index contributed by atoms with van der Waals surface area (Å²) in [5, 5.41) is 0. The zero-order chi connectivity index (χ0) is 13.8. The van der Waals surface area contributed by atoms with E-state index in [0.717, 1.165) is 4.47 Å². The van der Waals surface area contributed by atoms with Crippen LogP contribution in [0.25, 0.3) is 0 Å². The molecule has 0 aliphatic heterocycles. The van der Waals surface area contributed by atoms with Crippen molar-refractivity contribution in [1.29, 1.82) is 0 Å². The Hall–Kier alpha value is -1.88. The summed E-state index contributed by atoms with van der Waals surface area (Å²) in [4.78, 5) is 18.1. The highest BCUT2D eigenvalue weighted by Crippen LogP contribution is 2.22. The Balaban J connectivity index is 2.33. The molecule has 1 amide bonds. The molecule has 0 saturated heterocycles. The van der Waals surface area contributed by atoms with Gasteiger partial charge in [-0.3, -0.25) is 9.69 Å². The maximum atomic E-state index is 12.4. The lowest BCUT2D eigenvalue weighted by atomic mass is 10.2. The first-order valence-electron chi connectivity index (χ1n) is 5.66. The fraction of sp³-hybridized carbons (Fsp3) is 0.143. The van der Waals surface area contributed by atoms with E-state index in [2.05, 4.69) is 20.9 Å². The molecule has 0 fully saturated rings. The Morgan fingerprint density at radius 3 is 2.74 bits per heavy atom. The minimum atomic E-state index is -0.164. The summed E-state index contributed by atoms with van der Waals surface area (Å²) in [5.41, 5.74) is 0.509. The quantitative estimate of drug-likeness (QED) is 0.872. The van der Waals surface area contributed by atoms with Crippen molar-refractivity contribution in [2.45, 2.75) is 0 Å². The van der Waals surface area contributed by atoms with Gasteiger partial charge in [-0.25, -0.2) is 4.98 Å². The molecule has 0 bridgehead atoms. The van der Waals surface area contributed by atoms with E-state index in [4.69, 9.17) is 4.74 Å². The number of rotatable bonds is 3. The number of amides is 1. The molecule has 0 aliphatic carbocycles. The number of para-hydroxylation sites is 1. The van der Waals surface area contributed by atoms with E-state index in [1.54, 1.807) is 44.6 Å². The van der Waals surface area contributed by atoms with Crippen molar-refractivity contribution in [3.05, 3.63) is 52.6 Å². The second-order valence-corrected chi connectivity index (χ2v) is 4.81. The Bertz CT molecular complexity index is 602. The van der Waals surface area contributed by atoms with Gasteiger partial charge in [0.2, 0.25) is 0 Å². The van der Waals surface area contributed by atoms with Crippen LogP contribution in [-0.2, 0) is 0 Å². The van der Waals surface area contributed by atoms with Gasteiger partial charge in [0, 0.05) is 17.7 Å². The van der Waals surface area contributed by atoms with Gasteiger partial charge in [-0.05, 0) is 24.3 Å². The molecule has 0 atom stereocenters. The van der Waals surface area contributed by atoms with Crippen LogP contribution in [0.3, 0.4) is 0 Å². The van der Waals surface area contributed by atoms with Crippen LogP contribution in [-0.4, -0.2) is 25.0 Å². The largest absolute Gasteiger partial charge is 0.496 e. The molecule has 1 aromatic heterocycles. The molecular formula is C14H13BrN2O2. The number of aromatic nitrogens is 1. The highest BCUT2D eigenvalue weighted by Gasteiger charge is 2.18. The second kappa shape index (κ2) is 5.84. The lowest BCUT2D eigenvalue weighted by Gasteiger charge is -2.17. The van der Waals surface area contributed by atoms with Gasteiger partial charge in [0.05, 0.1) is 12.7 Å². The van der Waals surface area contributed by atoms with Crippen molar-refractivity contribution in [2.24, 2.45) is 0 Å². The third-order valence-electron chi connectivity index (χ3n) is 2.69. The molecule has 2 aromatic rings. The number of nitrogens with zero attached hydrogens (tertiary/aromatic N) is 2. The molecule has 0 unspecified atom stereocenters. The van der Waals surface area contributed by atoms with Gasteiger partial charge in [-0.1, -0.05) is 28.1 Å². The van der Waals surface area contributed by atoms with Crippen molar-refractivity contribution in [2.75, 3.05) is 19.1 Å². The van der Waals surface area contributed by atoms with Crippen molar-refractivity contribution in [3.63, 3.8) is 0 Å². The van der Waals surface area contributed by atoms with Crippen LogP contribution in [0, 0.1) is 0 Å². The van der Waals surface area contributed by atoms with E-state index in [-0.39, 0.29) is 5.91 Å². The van der Waals surface area contributed by atoms with Crippen LogP contribution >= 0.6 is 15.9 Å². The highest BCUT2D eigenvalue weighted by atomic mass is 79.9. The van der Waals surface area contributed by atoms with Gasteiger partial charge in [-0.15, -0.1) is 0 Å². The summed E-state index contributed by atoms with van der Waals surface area (Å²) < 4.78 is 6.07. The molecule has 0 saturated carbocycles. The lowest BCUT2D eigenvalue weighted by molar-refractivity contribution is 0.0989. The molecule has 98 valence electrons. The fourth-order valence-electron chi connectivity index (χ4n) is 1.68. The zero-order valence-electron chi connectivity index (χ0n) is 10.6. The summed E-state index contributed by atoms with van der Waals surface area (Å²) in [6.45, 7) is 0. The third-order valence-corrected chi connectivity index (χ3v) is 3.19. The normalized spacial score (nSPS) is 10.1. The van der Waals surface area contributed by atoms with Gasteiger partial charge in [0.15, 0.2) is 0 Å². The van der Waals surface area contributed by atoms with Crippen LogP contribution in [0.2, 0.25) is 0 Å². The molecule has 1 heterocycles. The first-order chi connectivity index (χ1) is 9.13. The average Bonchev–Trinajstić information content (AvgIpc) is 2.45. The minimum absolute atomic E-state index is 0.164. The predicted octanol–water partition coefficient (Wildman–Crippen LogP) is 3.13. The van der Waals surface area contributed by atoms with Crippen LogP contribution in [0.1, 0.15) is 10.4 Å². The molecule has 0 aliphatic rings. The molecule has 1 aromatic carbocycles. The van der Waals surface area contributed by atoms with E-state index >= 15 is 0 Å². The van der Waals surface area contributed by atoms with Crippen molar-refractivity contribution < 1.29 is 9.53 Å². The van der Waals surface area contributed by atoms with Gasteiger partial charge in [-0.2, -0.15) is 0 Å². The third kappa shape index (κ3) is 2.93. The van der Waals surface area contributed by atoms with Crippen LogP contribution < -0.4 is 9.64 Å². The minimum Gasteiger partial charge on any atom is -0.496 e. The maximum Gasteiger partial charge on any atom is 0.262 e. The second-order valence-electron chi connectivity index (χ2n) is 3.90. The standard InChI is InChI=1S/C14H13BrN2O2/c1-17(13-9-10(15)7-8-16-13)14(18)11-5-3-4-6-12(11)19-2/h3-9H,1-2H3. The summed E-state index contributed by atoms with van der Waals surface area (Å²) in [5.74, 6) is 0.961. The van der Waals surface area contributed by atoms with E-state index in [1.165, 1.54) is 4.90 Å². The zero-order valence-corrected chi connectivity index (χ0v) is 12.2. The summed E-state index contributed by atoms with van der Waals surface area (Å²) in [7, 11) is 3.23. The molecule has 4 nitrogen and oxygen atoms in total. The predicted molar refractivity (Wildman–Crippen MR) is 77.7 cm³/mol. The van der Waals surface area contributed by atoms with Crippen molar-refractivity contribution in [1.82, 2.24) is 4.98 Å². The molecule has 0 spiro atoms. The number of anilines is 1. The SMILES string of the molecule is COc1ccccc1C(=O)N(C)c1cc(Br)ccn1. The van der Waals surface area contributed by atoms with Crippen molar-refractivity contribution >= 4 is 27.7 Å². The number of halogens is 1. The monoisotopic (exact) mass is 320 g/mol. The first kappa shape index (κ1) is 13.5. The maximum absolute atomic E-state index is 12.4. The Kier molecular flexibility index (Phi) is 4.16. The molecular weight excluding hydrogens is 308 g/mol. The van der Waals surface area contributed by atoms with Crippen LogP contribution in [0.4, 0.5) is 5.82 Å². The molecule has 2 rings (SSSR count). The summed E-state index contributed by atoms with van der Waals surface area (Å²) >= 11 is 3.36. The summed E-state index contributed by atoms with van der Waals surface area (Å²) in [6.07, 6.45) is 1.64. The number of carbonyl (C=O) groups excluding carboxylic acids is 1. The Morgan fingerprint density at radius 1 is 1.32 bits per heavy atom. The van der Waals surface area contributed by atoms with E-state index in [9.17, 15) is 4.79 Å². The Morgan fingerprint density at radius 2 is 2.05 bits per heavy atom. The topological polar surface area (TPSA) is 42.4 Å². The fourth-order valence-corrected chi connectivity index (χ4v) is 2.01. The number of benzene rings is 1. The highest BCUT2D eigenvalue weighted by molar-refractivity contribution is 9.10. The van der Waals surface area contributed by atoms with Crippen LogP contribution in [0.15, 0.2) is 47.1 Å². The van der Waals surface area contributed by atoms with E-state index in [1.807, 2.05) is 12.1 Å². The molecule has 0 N–H and O–H groups in total. The van der Waals surface area contributed by atoms with Gasteiger partial charge >= 0.3 is 0 Å². The number of carbonyl (C=O) groups is 1. The lowest BCUT2D eigenvalue weighted by Crippen LogP contribution is -2.27. The summed E-state index contributed by atoms with van der Waals surface area (Å²) in [6, 6.07) is 10.7. The smallest absolute Gasteiger partial charge is 0.262 e. The number of hydrogen-bond acceptors (Lipinski definition) is 3. The number of hydrogen-bond donors (Lipinski definition) is 0. The molecule has 5 heteroatoms. The van der Waals surface area contributed by atoms with Gasteiger partial charge in [0.1, 0.15) is 11.6 Å². The molecule has 0 radical (unpaired) electrons. The number of methoxy groups -OCH3 is 1. The van der Waals surface area contributed by atoms with Gasteiger partial charge in [0.25, 0.3) is 5.91 Å². The molecule has 19 heavy (non-hydrogen) atoms. The van der Waals surface area contributed by atoms with E-state index in [0.29, 0.717) is 17.1 Å². The van der Waals surface area contributed by atoms with Gasteiger partial charge < -0.3 is 4.74 Å².